The van der Waals surface area contributed by atoms with Gasteiger partial charge in [0.15, 0.2) is 0 Å². The van der Waals surface area contributed by atoms with E-state index in [2.05, 4.69) is 5.32 Å². The van der Waals surface area contributed by atoms with Crippen molar-refractivity contribution in [3.05, 3.63) is 69.7 Å². The highest BCUT2D eigenvalue weighted by Gasteiger charge is 2.14. The fourth-order valence-electron chi connectivity index (χ4n) is 2.47. The van der Waals surface area contributed by atoms with Gasteiger partial charge in [0.1, 0.15) is 19.3 Å². The summed E-state index contributed by atoms with van der Waals surface area (Å²) in [6.45, 7) is 0.678. The summed E-state index contributed by atoms with van der Waals surface area (Å²) in [5.74, 6) is -0.430. The summed E-state index contributed by atoms with van der Waals surface area (Å²) in [4.78, 5) is 23.6. The third-order valence-electron chi connectivity index (χ3n) is 4.11. The Morgan fingerprint density at radius 1 is 1.00 bits per heavy atom. The summed E-state index contributed by atoms with van der Waals surface area (Å²) in [5.41, 5.74) is 7.44. The molecule has 164 valence electrons. The smallest absolute Gasteiger partial charge is 0.407 e. The molecule has 0 saturated carbocycles. The lowest BCUT2D eigenvalue weighted by Gasteiger charge is -2.12. The average Bonchev–Trinajstić information content (AvgIpc) is 2.71. The molecule has 0 aliphatic heterocycles. The van der Waals surface area contributed by atoms with E-state index in [1.807, 2.05) is 30.3 Å². The molecule has 2 aromatic carbocycles. The van der Waals surface area contributed by atoms with Crippen LogP contribution in [-0.2, 0) is 27.5 Å². The summed E-state index contributed by atoms with van der Waals surface area (Å²) in [6, 6.07) is 13.7. The number of carbonyl (C=O) groups excluding carboxylic acids is 2. The first-order chi connectivity index (χ1) is 14.0. The van der Waals surface area contributed by atoms with Crippen LogP contribution < -0.4 is 11.1 Å². The predicted molar refractivity (Wildman–Crippen MR) is 120 cm³/mol. The Morgan fingerprint density at radius 3 is 2.43 bits per heavy atom. The van der Waals surface area contributed by atoms with Crippen LogP contribution in [0.3, 0.4) is 0 Å². The Kier molecular flexibility index (Phi) is 12.2. The second-order valence-corrected chi connectivity index (χ2v) is 7.28. The molecule has 2 rings (SSSR count). The maximum absolute atomic E-state index is 11.9. The molecule has 3 N–H and O–H groups in total. The van der Waals surface area contributed by atoms with Gasteiger partial charge in [-0.2, -0.15) is 0 Å². The number of halogens is 3. The lowest BCUT2D eigenvalue weighted by atomic mass is 10.1. The van der Waals surface area contributed by atoms with Crippen LogP contribution in [0.2, 0.25) is 10.0 Å². The summed E-state index contributed by atoms with van der Waals surface area (Å²) in [5, 5.41) is 3.61. The Balaban J connectivity index is 0.00000450. The van der Waals surface area contributed by atoms with Crippen LogP contribution in [0.25, 0.3) is 0 Å². The SMILES string of the molecule is Cl.NC(CCCCNC(=O)OCc1ccc(Cl)cc1Cl)C(=O)OCc1ccccc1. The molecule has 0 heterocycles. The number of ether oxygens (including phenoxy) is 2. The topological polar surface area (TPSA) is 90.6 Å². The zero-order valence-corrected chi connectivity index (χ0v) is 18.6. The standard InChI is InChI=1S/C21H24Cl2N2O4.ClH/c22-17-10-9-16(18(23)12-17)14-29-21(27)25-11-5-4-8-19(24)20(26)28-13-15-6-2-1-3-7-15;/h1-3,6-7,9-10,12,19H,4-5,8,11,13-14,24H2,(H,25,27);1H. The van der Waals surface area contributed by atoms with Crippen LogP contribution in [-0.4, -0.2) is 24.6 Å². The molecule has 1 amide bonds. The predicted octanol–water partition coefficient (Wildman–Crippen LogP) is 4.88. The minimum Gasteiger partial charge on any atom is -0.460 e. The van der Waals surface area contributed by atoms with Gasteiger partial charge in [-0.1, -0.05) is 59.6 Å². The number of nitrogens with one attached hydrogen (secondary N) is 1. The van der Waals surface area contributed by atoms with Crippen molar-refractivity contribution in [3.63, 3.8) is 0 Å². The van der Waals surface area contributed by atoms with E-state index in [9.17, 15) is 9.59 Å². The van der Waals surface area contributed by atoms with Gasteiger partial charge in [0, 0.05) is 22.2 Å². The summed E-state index contributed by atoms with van der Waals surface area (Å²) in [6.07, 6.45) is 1.27. The molecule has 0 aromatic heterocycles. The molecule has 0 bridgehead atoms. The van der Waals surface area contributed by atoms with E-state index in [4.69, 9.17) is 38.4 Å². The molecule has 6 nitrogen and oxygen atoms in total. The summed E-state index contributed by atoms with van der Waals surface area (Å²) >= 11 is 11.8. The number of benzene rings is 2. The molecule has 0 aliphatic carbocycles. The van der Waals surface area contributed by atoms with Crippen molar-refractivity contribution in [2.24, 2.45) is 5.73 Å². The van der Waals surface area contributed by atoms with Gasteiger partial charge in [-0.25, -0.2) is 4.79 Å². The second kappa shape index (κ2) is 14.1. The molecular formula is C21H25Cl3N2O4. The van der Waals surface area contributed by atoms with Gasteiger partial charge in [0.25, 0.3) is 0 Å². The number of alkyl carbamates (subject to hydrolysis) is 1. The number of nitrogens with two attached hydrogens (primary N) is 1. The first-order valence-corrected chi connectivity index (χ1v) is 10.0. The quantitative estimate of drug-likeness (QED) is 0.377. The van der Waals surface area contributed by atoms with E-state index in [1.165, 1.54) is 0 Å². The molecule has 2 aromatic rings. The van der Waals surface area contributed by atoms with Gasteiger partial charge in [0.2, 0.25) is 0 Å². The first-order valence-electron chi connectivity index (χ1n) is 9.26. The van der Waals surface area contributed by atoms with Gasteiger partial charge in [-0.15, -0.1) is 12.4 Å². The number of amides is 1. The highest BCUT2D eigenvalue weighted by atomic mass is 35.5. The fourth-order valence-corrected chi connectivity index (χ4v) is 2.93. The highest BCUT2D eigenvalue weighted by molar-refractivity contribution is 6.35. The Labute approximate surface area is 192 Å². The molecule has 0 saturated heterocycles. The Hall–Kier alpha value is -1.99. The summed E-state index contributed by atoms with van der Waals surface area (Å²) in [7, 11) is 0. The Bertz CT molecular complexity index is 806. The van der Waals surface area contributed by atoms with Crippen molar-refractivity contribution >= 4 is 47.7 Å². The van der Waals surface area contributed by atoms with E-state index in [1.54, 1.807) is 18.2 Å². The first kappa shape index (κ1) is 26.0. The van der Waals surface area contributed by atoms with Crippen molar-refractivity contribution in [3.8, 4) is 0 Å². The van der Waals surface area contributed by atoms with Crippen LogP contribution >= 0.6 is 35.6 Å². The van der Waals surface area contributed by atoms with Gasteiger partial charge >= 0.3 is 12.1 Å². The molecule has 0 spiro atoms. The zero-order valence-electron chi connectivity index (χ0n) is 16.3. The lowest BCUT2D eigenvalue weighted by molar-refractivity contribution is -0.146. The Morgan fingerprint density at radius 2 is 1.73 bits per heavy atom. The second-order valence-electron chi connectivity index (χ2n) is 6.43. The van der Waals surface area contributed by atoms with E-state index in [-0.39, 0.29) is 25.6 Å². The van der Waals surface area contributed by atoms with Crippen molar-refractivity contribution in [2.75, 3.05) is 6.54 Å². The number of hydrogen-bond donors (Lipinski definition) is 2. The highest BCUT2D eigenvalue weighted by Crippen LogP contribution is 2.21. The van der Waals surface area contributed by atoms with Crippen molar-refractivity contribution < 1.29 is 19.1 Å². The van der Waals surface area contributed by atoms with Crippen LogP contribution in [0, 0.1) is 0 Å². The van der Waals surface area contributed by atoms with Gasteiger partial charge in [0.05, 0.1) is 0 Å². The van der Waals surface area contributed by atoms with Crippen LogP contribution in [0.5, 0.6) is 0 Å². The van der Waals surface area contributed by atoms with Crippen LogP contribution in [0.4, 0.5) is 4.79 Å². The summed E-state index contributed by atoms with van der Waals surface area (Å²) < 4.78 is 10.3. The van der Waals surface area contributed by atoms with Crippen molar-refractivity contribution in [1.29, 1.82) is 0 Å². The third-order valence-corrected chi connectivity index (χ3v) is 4.70. The minimum absolute atomic E-state index is 0. The fraction of sp³-hybridized carbons (Fsp3) is 0.333. The number of carbonyl (C=O) groups is 2. The van der Waals surface area contributed by atoms with Gasteiger partial charge in [-0.05, 0) is 37.0 Å². The molecule has 0 radical (unpaired) electrons. The molecule has 0 aliphatic rings. The average molecular weight is 476 g/mol. The lowest BCUT2D eigenvalue weighted by Crippen LogP contribution is -2.32. The third kappa shape index (κ3) is 9.67. The van der Waals surface area contributed by atoms with Gasteiger partial charge in [-0.3, -0.25) is 4.79 Å². The number of rotatable bonds is 10. The van der Waals surface area contributed by atoms with Crippen LogP contribution in [0.1, 0.15) is 30.4 Å². The maximum Gasteiger partial charge on any atom is 0.407 e. The van der Waals surface area contributed by atoms with E-state index < -0.39 is 18.1 Å². The van der Waals surface area contributed by atoms with E-state index in [0.29, 0.717) is 41.4 Å². The molecule has 30 heavy (non-hydrogen) atoms. The molecule has 1 atom stereocenters. The van der Waals surface area contributed by atoms with Crippen molar-refractivity contribution in [2.45, 2.75) is 38.5 Å². The van der Waals surface area contributed by atoms with Gasteiger partial charge < -0.3 is 20.5 Å². The van der Waals surface area contributed by atoms with E-state index >= 15 is 0 Å². The van der Waals surface area contributed by atoms with Crippen LogP contribution in [0.15, 0.2) is 48.5 Å². The maximum atomic E-state index is 11.9. The molecule has 1 unspecified atom stereocenters. The largest absolute Gasteiger partial charge is 0.460 e. The normalized spacial score (nSPS) is 11.2. The van der Waals surface area contributed by atoms with Crippen molar-refractivity contribution in [1.82, 2.24) is 5.32 Å². The minimum atomic E-state index is -0.683. The zero-order chi connectivity index (χ0) is 21.1. The number of esters is 1. The molecular weight excluding hydrogens is 451 g/mol. The molecule has 0 fully saturated rings. The van der Waals surface area contributed by atoms with E-state index in [0.717, 1.165) is 5.56 Å². The molecule has 9 heteroatoms. The monoisotopic (exact) mass is 474 g/mol. The number of unbranched alkanes of at least 4 members (excludes halogenated alkanes) is 1. The number of hydrogen-bond acceptors (Lipinski definition) is 5.